The van der Waals surface area contributed by atoms with Gasteiger partial charge in [-0.15, -0.1) is 0 Å². The monoisotopic (exact) mass is 313 g/mol. The van der Waals surface area contributed by atoms with E-state index in [0.717, 1.165) is 31.9 Å². The Morgan fingerprint density at radius 3 is 2.87 bits per heavy atom. The number of likely N-dealkylation sites (N-methyl/N-ethyl adjacent to an activating group) is 1. The first-order valence-corrected chi connectivity index (χ1v) is 8.61. The third-order valence-electron chi connectivity index (χ3n) is 4.73. The number of ether oxygens (including phenoxy) is 1. The minimum absolute atomic E-state index is 0.407. The van der Waals surface area contributed by atoms with Gasteiger partial charge in [-0.3, -0.25) is 4.90 Å². The molecule has 0 aliphatic carbocycles. The molecule has 0 saturated carbocycles. The van der Waals surface area contributed by atoms with E-state index in [2.05, 4.69) is 55.2 Å². The summed E-state index contributed by atoms with van der Waals surface area (Å²) in [6.07, 6.45) is 6.92. The van der Waals surface area contributed by atoms with Crippen LogP contribution in [0.2, 0.25) is 0 Å². The van der Waals surface area contributed by atoms with Crippen molar-refractivity contribution in [3.05, 3.63) is 47.3 Å². The minimum atomic E-state index is 0.407. The van der Waals surface area contributed by atoms with Crippen molar-refractivity contribution in [3.63, 3.8) is 0 Å². The first-order chi connectivity index (χ1) is 11.2. The van der Waals surface area contributed by atoms with Crippen molar-refractivity contribution in [1.82, 2.24) is 14.7 Å². The number of hydrogen-bond donors (Lipinski definition) is 0. The van der Waals surface area contributed by atoms with Crippen LogP contribution in [0.3, 0.4) is 0 Å². The first kappa shape index (κ1) is 16.2. The van der Waals surface area contributed by atoms with Gasteiger partial charge in [0.2, 0.25) is 0 Å². The molecule has 0 unspecified atom stereocenters. The summed E-state index contributed by atoms with van der Waals surface area (Å²) in [5.41, 5.74) is 4.99. The molecule has 1 saturated heterocycles. The second-order valence-corrected chi connectivity index (χ2v) is 6.52. The molecule has 4 heteroatoms. The number of rotatable bonds is 6. The molecule has 2 aromatic rings. The molecule has 124 valence electrons. The van der Waals surface area contributed by atoms with Gasteiger partial charge in [0.1, 0.15) is 0 Å². The molecular weight excluding hydrogens is 286 g/mol. The Labute approximate surface area is 139 Å². The summed E-state index contributed by atoms with van der Waals surface area (Å²) in [5, 5.41) is 4.54. The third-order valence-corrected chi connectivity index (χ3v) is 4.73. The van der Waals surface area contributed by atoms with Crippen molar-refractivity contribution >= 4 is 0 Å². The lowest BCUT2D eigenvalue weighted by atomic mass is 10.1. The zero-order valence-electron chi connectivity index (χ0n) is 14.5. The summed E-state index contributed by atoms with van der Waals surface area (Å²) in [6.45, 7) is 10.4. The summed E-state index contributed by atoms with van der Waals surface area (Å²) >= 11 is 0. The van der Waals surface area contributed by atoms with Crippen molar-refractivity contribution in [1.29, 1.82) is 0 Å². The molecular formula is C19H27N3O. The second-order valence-electron chi connectivity index (χ2n) is 6.52. The maximum Gasteiger partial charge on any atom is 0.0702 e. The summed E-state index contributed by atoms with van der Waals surface area (Å²) < 4.78 is 7.73. The van der Waals surface area contributed by atoms with Crippen LogP contribution in [0.25, 0.3) is 5.69 Å². The Hall–Kier alpha value is -1.65. The second kappa shape index (κ2) is 7.28. The van der Waals surface area contributed by atoms with Crippen LogP contribution in [0, 0.1) is 13.8 Å². The van der Waals surface area contributed by atoms with Gasteiger partial charge in [0.15, 0.2) is 0 Å². The number of benzene rings is 1. The summed E-state index contributed by atoms with van der Waals surface area (Å²) in [4.78, 5) is 2.44. The van der Waals surface area contributed by atoms with Crippen molar-refractivity contribution in [3.8, 4) is 5.69 Å². The van der Waals surface area contributed by atoms with Crippen LogP contribution in [-0.2, 0) is 11.3 Å². The number of aromatic nitrogens is 2. The smallest absolute Gasteiger partial charge is 0.0702 e. The fourth-order valence-corrected chi connectivity index (χ4v) is 3.09. The number of hydrogen-bond acceptors (Lipinski definition) is 3. The molecule has 1 atom stereocenters. The first-order valence-electron chi connectivity index (χ1n) is 8.61. The van der Waals surface area contributed by atoms with Gasteiger partial charge < -0.3 is 4.74 Å². The highest BCUT2D eigenvalue weighted by Crippen LogP contribution is 2.17. The zero-order valence-corrected chi connectivity index (χ0v) is 14.5. The SMILES string of the molecule is CCN(Cc1cnn(-c2ccc(C)c(C)c2)c1)C[C@H]1CCCO1. The Morgan fingerprint density at radius 2 is 2.17 bits per heavy atom. The van der Waals surface area contributed by atoms with E-state index in [1.165, 1.54) is 29.5 Å². The lowest BCUT2D eigenvalue weighted by molar-refractivity contribution is 0.0725. The molecule has 4 nitrogen and oxygen atoms in total. The van der Waals surface area contributed by atoms with Crippen molar-refractivity contribution in [2.45, 2.75) is 46.3 Å². The van der Waals surface area contributed by atoms with E-state index in [0.29, 0.717) is 6.10 Å². The van der Waals surface area contributed by atoms with E-state index in [4.69, 9.17) is 4.74 Å². The van der Waals surface area contributed by atoms with Gasteiger partial charge in [0.05, 0.1) is 18.0 Å². The Morgan fingerprint density at radius 1 is 1.30 bits per heavy atom. The van der Waals surface area contributed by atoms with Gasteiger partial charge in [0.25, 0.3) is 0 Å². The van der Waals surface area contributed by atoms with E-state index >= 15 is 0 Å². The highest BCUT2D eigenvalue weighted by Gasteiger charge is 2.18. The zero-order chi connectivity index (χ0) is 16.2. The van der Waals surface area contributed by atoms with Crippen molar-refractivity contribution in [2.24, 2.45) is 0 Å². The fourth-order valence-electron chi connectivity index (χ4n) is 3.09. The summed E-state index contributed by atoms with van der Waals surface area (Å²) in [7, 11) is 0. The van der Waals surface area contributed by atoms with E-state index in [9.17, 15) is 0 Å². The molecule has 3 rings (SSSR count). The van der Waals surface area contributed by atoms with Gasteiger partial charge in [-0.1, -0.05) is 13.0 Å². The van der Waals surface area contributed by atoms with E-state index in [-0.39, 0.29) is 0 Å². The lowest BCUT2D eigenvalue weighted by Crippen LogP contribution is -2.31. The highest BCUT2D eigenvalue weighted by molar-refractivity contribution is 5.39. The Bertz CT molecular complexity index is 644. The number of aryl methyl sites for hydroxylation is 2. The molecule has 1 aromatic carbocycles. The van der Waals surface area contributed by atoms with Gasteiger partial charge in [-0.2, -0.15) is 5.10 Å². The third kappa shape index (κ3) is 4.01. The Kier molecular flexibility index (Phi) is 5.13. The fraction of sp³-hybridized carbons (Fsp3) is 0.526. The predicted octanol–water partition coefficient (Wildman–Crippen LogP) is 3.49. The maximum absolute atomic E-state index is 5.76. The van der Waals surface area contributed by atoms with Gasteiger partial charge in [-0.05, 0) is 56.5 Å². The molecule has 0 radical (unpaired) electrons. The summed E-state index contributed by atoms with van der Waals surface area (Å²) in [6, 6.07) is 6.47. The molecule has 2 heterocycles. The lowest BCUT2D eigenvalue weighted by Gasteiger charge is -2.22. The van der Waals surface area contributed by atoms with E-state index in [1.54, 1.807) is 0 Å². The molecule has 1 aliphatic heterocycles. The summed E-state index contributed by atoms with van der Waals surface area (Å²) in [5.74, 6) is 0. The normalized spacial score (nSPS) is 18.0. The standard InChI is InChI=1S/C19H27N3O/c1-4-21(14-19-6-5-9-23-19)12-17-11-20-22(13-17)18-8-7-15(2)16(3)10-18/h7-8,10-11,13,19H,4-6,9,12,14H2,1-3H3/t19-/m1/s1. The molecule has 0 N–H and O–H groups in total. The van der Waals surface area contributed by atoms with Gasteiger partial charge >= 0.3 is 0 Å². The van der Waals surface area contributed by atoms with E-state index < -0.39 is 0 Å². The van der Waals surface area contributed by atoms with Gasteiger partial charge in [-0.25, -0.2) is 4.68 Å². The quantitative estimate of drug-likeness (QED) is 0.818. The molecule has 1 fully saturated rings. The van der Waals surface area contributed by atoms with E-state index in [1.807, 2.05) is 10.9 Å². The predicted molar refractivity (Wildman–Crippen MR) is 93.0 cm³/mol. The molecule has 0 amide bonds. The van der Waals surface area contributed by atoms with Crippen LogP contribution in [-0.4, -0.2) is 40.5 Å². The van der Waals surface area contributed by atoms with Crippen molar-refractivity contribution < 1.29 is 4.74 Å². The van der Waals surface area contributed by atoms with Crippen molar-refractivity contribution in [2.75, 3.05) is 19.7 Å². The van der Waals surface area contributed by atoms with Crippen LogP contribution < -0.4 is 0 Å². The molecule has 1 aliphatic rings. The average Bonchev–Trinajstić information content (AvgIpc) is 3.21. The molecule has 23 heavy (non-hydrogen) atoms. The maximum atomic E-state index is 5.76. The van der Waals surface area contributed by atoms with Crippen LogP contribution >= 0.6 is 0 Å². The van der Waals surface area contributed by atoms with Crippen LogP contribution in [0.15, 0.2) is 30.6 Å². The molecule has 0 spiro atoms. The van der Waals surface area contributed by atoms with Crippen LogP contribution in [0.5, 0.6) is 0 Å². The highest BCUT2D eigenvalue weighted by atomic mass is 16.5. The van der Waals surface area contributed by atoms with Crippen LogP contribution in [0.4, 0.5) is 0 Å². The molecule has 0 bridgehead atoms. The Balaban J connectivity index is 1.66. The number of nitrogens with zero attached hydrogens (tertiary/aromatic N) is 3. The largest absolute Gasteiger partial charge is 0.377 e. The topological polar surface area (TPSA) is 30.3 Å². The molecule has 1 aromatic heterocycles. The van der Waals surface area contributed by atoms with Crippen LogP contribution in [0.1, 0.15) is 36.5 Å². The average molecular weight is 313 g/mol. The van der Waals surface area contributed by atoms with Gasteiger partial charge in [0, 0.05) is 31.5 Å². The minimum Gasteiger partial charge on any atom is -0.377 e.